The van der Waals surface area contributed by atoms with Crippen molar-refractivity contribution in [2.75, 3.05) is 7.11 Å². The molecule has 1 aliphatic rings. The lowest BCUT2D eigenvalue weighted by molar-refractivity contribution is 0.0710. The van der Waals surface area contributed by atoms with Crippen LogP contribution in [0.25, 0.3) is 0 Å². The molecule has 0 saturated heterocycles. The van der Waals surface area contributed by atoms with E-state index in [9.17, 15) is 9.90 Å². The third-order valence-electron chi connectivity index (χ3n) is 3.12. The van der Waals surface area contributed by atoms with Crippen LogP contribution in [0.5, 0.6) is 0 Å². The molecule has 2 rings (SSSR count). The second kappa shape index (κ2) is 5.97. The molecule has 1 fully saturated rings. The quantitative estimate of drug-likeness (QED) is 0.832. The van der Waals surface area contributed by atoms with Crippen molar-refractivity contribution in [2.24, 2.45) is 0 Å². The molecular formula is C12H18N2O4. The van der Waals surface area contributed by atoms with Crippen LogP contribution in [0.2, 0.25) is 0 Å². The van der Waals surface area contributed by atoms with E-state index < -0.39 is 6.10 Å². The minimum atomic E-state index is -0.465. The Morgan fingerprint density at radius 2 is 2.39 bits per heavy atom. The Hall–Kier alpha value is -1.40. The van der Waals surface area contributed by atoms with Crippen molar-refractivity contribution in [1.82, 2.24) is 10.5 Å². The van der Waals surface area contributed by atoms with Gasteiger partial charge in [-0.15, -0.1) is 0 Å². The van der Waals surface area contributed by atoms with Gasteiger partial charge in [0.1, 0.15) is 6.61 Å². The molecule has 1 aromatic rings. The molecule has 6 nitrogen and oxygen atoms in total. The van der Waals surface area contributed by atoms with Gasteiger partial charge in [0.25, 0.3) is 5.91 Å². The highest BCUT2D eigenvalue weighted by molar-refractivity contribution is 5.92. The van der Waals surface area contributed by atoms with Gasteiger partial charge in [0.05, 0.1) is 12.1 Å². The number of hydrogen-bond acceptors (Lipinski definition) is 5. The van der Waals surface area contributed by atoms with Crippen molar-refractivity contribution in [2.45, 2.75) is 44.4 Å². The number of aliphatic hydroxyl groups excluding tert-OH is 1. The number of rotatable bonds is 4. The minimum Gasteiger partial charge on any atom is -0.391 e. The molecule has 1 aromatic heterocycles. The van der Waals surface area contributed by atoms with Gasteiger partial charge in [0.15, 0.2) is 11.5 Å². The molecule has 0 aromatic carbocycles. The topological polar surface area (TPSA) is 84.6 Å². The van der Waals surface area contributed by atoms with Crippen LogP contribution in [0.15, 0.2) is 10.6 Å². The number of amides is 1. The van der Waals surface area contributed by atoms with Crippen LogP contribution in [0, 0.1) is 0 Å². The number of aromatic nitrogens is 1. The average molecular weight is 254 g/mol. The predicted molar refractivity (Wildman–Crippen MR) is 62.9 cm³/mol. The van der Waals surface area contributed by atoms with Crippen LogP contribution in [0.3, 0.4) is 0 Å². The maximum atomic E-state index is 11.9. The minimum absolute atomic E-state index is 0.186. The molecule has 1 saturated carbocycles. The van der Waals surface area contributed by atoms with Crippen LogP contribution < -0.4 is 5.32 Å². The summed E-state index contributed by atoms with van der Waals surface area (Å²) in [6, 6.07) is 1.36. The molecule has 0 spiro atoms. The first kappa shape index (κ1) is 13.0. The van der Waals surface area contributed by atoms with Gasteiger partial charge in [-0.3, -0.25) is 4.79 Å². The molecule has 1 heterocycles. The van der Waals surface area contributed by atoms with Gasteiger partial charge in [-0.1, -0.05) is 18.0 Å². The van der Waals surface area contributed by atoms with Crippen molar-refractivity contribution >= 4 is 5.91 Å². The Morgan fingerprint density at radius 1 is 1.61 bits per heavy atom. The number of aliphatic hydroxyl groups is 1. The van der Waals surface area contributed by atoms with E-state index in [1.54, 1.807) is 13.2 Å². The largest absolute Gasteiger partial charge is 0.391 e. The fourth-order valence-electron chi connectivity index (χ4n) is 2.15. The molecule has 0 radical (unpaired) electrons. The summed E-state index contributed by atoms with van der Waals surface area (Å²) in [6.07, 6.45) is 3.10. The molecule has 0 aliphatic heterocycles. The van der Waals surface area contributed by atoms with E-state index in [0.717, 1.165) is 25.7 Å². The van der Waals surface area contributed by atoms with E-state index in [-0.39, 0.29) is 24.2 Å². The smallest absolute Gasteiger partial charge is 0.273 e. The summed E-state index contributed by atoms with van der Waals surface area (Å²) in [5, 5.41) is 16.2. The van der Waals surface area contributed by atoms with Crippen molar-refractivity contribution in [3.8, 4) is 0 Å². The second-order valence-corrected chi connectivity index (χ2v) is 4.54. The lowest BCUT2D eigenvalue weighted by Gasteiger charge is -2.27. The number of ether oxygens (including phenoxy) is 1. The predicted octanol–water partition coefficient (Wildman–Crippen LogP) is 0.854. The summed E-state index contributed by atoms with van der Waals surface area (Å²) in [4.78, 5) is 11.9. The molecule has 1 amide bonds. The zero-order valence-corrected chi connectivity index (χ0v) is 10.4. The lowest BCUT2D eigenvalue weighted by Crippen LogP contribution is -2.45. The third kappa shape index (κ3) is 3.08. The lowest BCUT2D eigenvalue weighted by atomic mass is 9.92. The second-order valence-electron chi connectivity index (χ2n) is 4.54. The van der Waals surface area contributed by atoms with Gasteiger partial charge < -0.3 is 19.7 Å². The van der Waals surface area contributed by atoms with E-state index in [2.05, 4.69) is 10.5 Å². The maximum absolute atomic E-state index is 11.9. The normalized spacial score (nSPS) is 23.9. The van der Waals surface area contributed by atoms with Crippen LogP contribution in [-0.4, -0.2) is 35.4 Å². The molecule has 0 unspecified atom stereocenters. The van der Waals surface area contributed by atoms with E-state index in [4.69, 9.17) is 9.26 Å². The van der Waals surface area contributed by atoms with Crippen molar-refractivity contribution < 1.29 is 19.2 Å². The number of carbonyl (C=O) groups excluding carboxylic acids is 1. The van der Waals surface area contributed by atoms with E-state index in [0.29, 0.717) is 5.76 Å². The Labute approximate surface area is 105 Å². The molecule has 0 bridgehead atoms. The van der Waals surface area contributed by atoms with Gasteiger partial charge >= 0.3 is 0 Å². The first-order valence-corrected chi connectivity index (χ1v) is 6.14. The summed E-state index contributed by atoms with van der Waals surface area (Å²) in [5.41, 5.74) is 0.222. The standard InChI is InChI=1S/C12H18N2O4/c1-17-7-8-6-10(14-18-8)12(16)13-9-4-2-3-5-11(9)15/h6,9,11,15H,2-5,7H2,1H3,(H,13,16)/t9-,11-/m0/s1. The fourth-order valence-corrected chi connectivity index (χ4v) is 2.15. The van der Waals surface area contributed by atoms with Gasteiger partial charge in [-0.25, -0.2) is 0 Å². The Bertz CT molecular complexity index is 405. The highest BCUT2D eigenvalue weighted by Crippen LogP contribution is 2.18. The summed E-state index contributed by atoms with van der Waals surface area (Å²) in [5.74, 6) is 0.193. The highest BCUT2D eigenvalue weighted by Gasteiger charge is 2.25. The summed E-state index contributed by atoms with van der Waals surface area (Å²) in [7, 11) is 1.54. The zero-order valence-electron chi connectivity index (χ0n) is 10.4. The number of nitrogens with zero attached hydrogens (tertiary/aromatic N) is 1. The zero-order chi connectivity index (χ0) is 13.0. The summed E-state index contributed by atoms with van der Waals surface area (Å²) >= 11 is 0. The Balaban J connectivity index is 1.93. The molecule has 100 valence electrons. The Morgan fingerprint density at radius 3 is 3.11 bits per heavy atom. The van der Waals surface area contributed by atoms with Crippen LogP contribution in [-0.2, 0) is 11.3 Å². The molecule has 1 aliphatic carbocycles. The average Bonchev–Trinajstić information content (AvgIpc) is 2.81. The van der Waals surface area contributed by atoms with Gasteiger partial charge in [-0.2, -0.15) is 0 Å². The summed E-state index contributed by atoms with van der Waals surface area (Å²) < 4.78 is 9.83. The number of nitrogens with one attached hydrogen (secondary N) is 1. The number of carbonyl (C=O) groups is 1. The number of hydrogen-bond donors (Lipinski definition) is 2. The first-order chi connectivity index (χ1) is 8.70. The van der Waals surface area contributed by atoms with E-state index >= 15 is 0 Å². The fraction of sp³-hybridized carbons (Fsp3) is 0.667. The maximum Gasteiger partial charge on any atom is 0.273 e. The van der Waals surface area contributed by atoms with Crippen molar-refractivity contribution in [3.63, 3.8) is 0 Å². The van der Waals surface area contributed by atoms with Gasteiger partial charge in [-0.05, 0) is 12.8 Å². The van der Waals surface area contributed by atoms with Gasteiger partial charge in [0.2, 0.25) is 0 Å². The molecular weight excluding hydrogens is 236 g/mol. The first-order valence-electron chi connectivity index (χ1n) is 6.14. The molecule has 18 heavy (non-hydrogen) atoms. The van der Waals surface area contributed by atoms with Crippen LogP contribution >= 0.6 is 0 Å². The molecule has 6 heteroatoms. The highest BCUT2D eigenvalue weighted by atomic mass is 16.5. The number of methoxy groups -OCH3 is 1. The van der Waals surface area contributed by atoms with Crippen LogP contribution in [0.1, 0.15) is 41.9 Å². The third-order valence-corrected chi connectivity index (χ3v) is 3.12. The van der Waals surface area contributed by atoms with Crippen molar-refractivity contribution in [3.05, 3.63) is 17.5 Å². The van der Waals surface area contributed by atoms with E-state index in [1.807, 2.05) is 0 Å². The van der Waals surface area contributed by atoms with Gasteiger partial charge in [0, 0.05) is 13.2 Å². The molecule has 2 N–H and O–H groups in total. The van der Waals surface area contributed by atoms with Crippen LogP contribution in [0.4, 0.5) is 0 Å². The van der Waals surface area contributed by atoms with E-state index in [1.165, 1.54) is 0 Å². The molecule has 2 atom stereocenters. The summed E-state index contributed by atoms with van der Waals surface area (Å²) in [6.45, 7) is 0.284. The monoisotopic (exact) mass is 254 g/mol. The SMILES string of the molecule is COCc1cc(C(=O)N[C@H]2CCCC[C@@H]2O)no1. The van der Waals surface area contributed by atoms with Crippen molar-refractivity contribution in [1.29, 1.82) is 0 Å². The Kier molecular flexibility index (Phi) is 4.33.